The van der Waals surface area contributed by atoms with Gasteiger partial charge in [0.2, 0.25) is 10.0 Å². The highest BCUT2D eigenvalue weighted by atomic mass is 32.2. The van der Waals surface area contributed by atoms with Crippen LogP contribution in [-0.2, 0) is 16.4 Å². The van der Waals surface area contributed by atoms with Gasteiger partial charge in [-0.2, -0.15) is 0 Å². The summed E-state index contributed by atoms with van der Waals surface area (Å²) in [6.07, 6.45) is 1.83. The molecule has 0 heterocycles. The van der Waals surface area contributed by atoms with Crippen LogP contribution in [0.2, 0.25) is 0 Å². The number of aryl methyl sites for hydroxylation is 1. The lowest BCUT2D eigenvalue weighted by Crippen LogP contribution is -2.37. The molecule has 1 unspecified atom stereocenters. The highest BCUT2D eigenvalue weighted by Gasteiger charge is 2.15. The summed E-state index contributed by atoms with van der Waals surface area (Å²) in [4.78, 5) is 2.36. The summed E-state index contributed by atoms with van der Waals surface area (Å²) in [5.74, 6) is 0. The number of hydrogen-bond acceptors (Lipinski definition) is 4. The number of anilines is 1. The molecule has 120 valence electrons. The van der Waals surface area contributed by atoms with Crippen LogP contribution < -0.4 is 10.5 Å². The first-order valence-electron chi connectivity index (χ1n) is 7.40. The van der Waals surface area contributed by atoms with E-state index in [0.717, 1.165) is 18.4 Å². The van der Waals surface area contributed by atoms with E-state index in [1.807, 2.05) is 14.0 Å². The van der Waals surface area contributed by atoms with Crippen LogP contribution in [-0.4, -0.2) is 39.5 Å². The summed E-state index contributed by atoms with van der Waals surface area (Å²) >= 11 is 0. The van der Waals surface area contributed by atoms with Gasteiger partial charge in [-0.3, -0.25) is 0 Å². The van der Waals surface area contributed by atoms with Crippen LogP contribution in [0.5, 0.6) is 0 Å². The normalized spacial score (nSPS) is 13.6. The second kappa shape index (κ2) is 7.77. The van der Waals surface area contributed by atoms with Crippen molar-refractivity contribution in [2.24, 2.45) is 0 Å². The van der Waals surface area contributed by atoms with Gasteiger partial charge in [0.25, 0.3) is 0 Å². The monoisotopic (exact) mass is 313 g/mol. The van der Waals surface area contributed by atoms with Crippen LogP contribution in [0.1, 0.15) is 32.8 Å². The van der Waals surface area contributed by atoms with Gasteiger partial charge in [-0.15, -0.1) is 0 Å². The van der Waals surface area contributed by atoms with Gasteiger partial charge in [-0.05, 0) is 44.5 Å². The topological polar surface area (TPSA) is 75.4 Å². The van der Waals surface area contributed by atoms with Gasteiger partial charge in [-0.25, -0.2) is 13.1 Å². The van der Waals surface area contributed by atoms with Crippen molar-refractivity contribution in [3.63, 3.8) is 0 Å². The maximum atomic E-state index is 12.2. The molecule has 1 atom stereocenters. The predicted molar refractivity (Wildman–Crippen MR) is 87.8 cm³/mol. The zero-order chi connectivity index (χ0) is 16.0. The smallest absolute Gasteiger partial charge is 0.240 e. The molecule has 0 aliphatic rings. The lowest BCUT2D eigenvalue weighted by molar-refractivity contribution is 0.256. The number of nitrogen functional groups attached to an aromatic ring is 1. The lowest BCUT2D eigenvalue weighted by Gasteiger charge is -2.23. The first-order valence-corrected chi connectivity index (χ1v) is 8.88. The molecule has 0 fully saturated rings. The molecule has 0 aliphatic heterocycles. The van der Waals surface area contributed by atoms with Gasteiger partial charge in [0.1, 0.15) is 0 Å². The summed E-state index contributed by atoms with van der Waals surface area (Å²) in [5.41, 5.74) is 7.35. The molecular formula is C15H27N3O2S. The van der Waals surface area contributed by atoms with Gasteiger partial charge in [0.05, 0.1) is 4.90 Å². The maximum Gasteiger partial charge on any atom is 0.240 e. The number of benzene rings is 1. The molecule has 0 aromatic heterocycles. The van der Waals surface area contributed by atoms with Crippen molar-refractivity contribution >= 4 is 15.7 Å². The zero-order valence-corrected chi connectivity index (χ0v) is 14.2. The number of sulfonamides is 1. The molecular weight excluding hydrogens is 286 g/mol. The fourth-order valence-electron chi connectivity index (χ4n) is 2.03. The van der Waals surface area contributed by atoms with E-state index in [4.69, 9.17) is 5.73 Å². The quantitative estimate of drug-likeness (QED) is 0.718. The minimum absolute atomic E-state index is 0.225. The highest BCUT2D eigenvalue weighted by Crippen LogP contribution is 2.18. The number of hydrogen-bond donors (Lipinski definition) is 2. The van der Waals surface area contributed by atoms with Gasteiger partial charge in [-0.1, -0.05) is 19.9 Å². The third kappa shape index (κ3) is 4.98. The van der Waals surface area contributed by atoms with E-state index in [2.05, 4.69) is 23.5 Å². The second-order valence-electron chi connectivity index (χ2n) is 5.35. The van der Waals surface area contributed by atoms with E-state index in [1.165, 1.54) is 6.07 Å². The number of nitrogens with two attached hydrogens (primary N) is 1. The van der Waals surface area contributed by atoms with Crippen LogP contribution in [0.4, 0.5) is 5.69 Å². The Hall–Kier alpha value is -1.11. The fourth-order valence-corrected chi connectivity index (χ4v) is 3.09. The van der Waals surface area contributed by atoms with E-state index in [9.17, 15) is 8.42 Å². The molecule has 3 N–H and O–H groups in total. The molecule has 0 saturated heterocycles. The SMILES string of the molecule is CCc1ccc(S(=O)(=O)NCCN(C)C(C)CC)cc1N. The molecule has 1 aromatic rings. The molecule has 6 heteroatoms. The third-order valence-corrected chi connectivity index (χ3v) is 5.37. The Labute approximate surface area is 128 Å². The predicted octanol–water partition coefficient (Wildman–Crippen LogP) is 1.84. The first kappa shape index (κ1) is 17.9. The van der Waals surface area contributed by atoms with E-state index in [0.29, 0.717) is 24.8 Å². The van der Waals surface area contributed by atoms with E-state index >= 15 is 0 Å². The Morgan fingerprint density at radius 1 is 1.33 bits per heavy atom. The Morgan fingerprint density at radius 3 is 2.52 bits per heavy atom. The van der Waals surface area contributed by atoms with E-state index < -0.39 is 10.0 Å². The Kier molecular flexibility index (Phi) is 6.64. The van der Waals surface area contributed by atoms with Gasteiger partial charge in [0.15, 0.2) is 0 Å². The molecule has 1 aromatic carbocycles. The zero-order valence-electron chi connectivity index (χ0n) is 13.4. The molecule has 0 bridgehead atoms. The van der Waals surface area contributed by atoms with Crippen LogP contribution in [0.15, 0.2) is 23.1 Å². The summed E-state index contributed by atoms with van der Waals surface area (Å²) in [6.45, 7) is 7.29. The molecule has 5 nitrogen and oxygen atoms in total. The number of nitrogens with one attached hydrogen (secondary N) is 1. The summed E-state index contributed by atoms with van der Waals surface area (Å²) < 4.78 is 27.1. The van der Waals surface area contributed by atoms with Gasteiger partial charge in [0, 0.05) is 24.8 Å². The molecule has 0 amide bonds. The molecule has 21 heavy (non-hydrogen) atoms. The molecule has 0 aliphatic carbocycles. The number of likely N-dealkylation sites (N-methyl/N-ethyl adjacent to an activating group) is 1. The highest BCUT2D eigenvalue weighted by molar-refractivity contribution is 7.89. The molecule has 0 spiro atoms. The summed E-state index contributed by atoms with van der Waals surface area (Å²) in [6, 6.07) is 5.35. The van der Waals surface area contributed by atoms with Crippen molar-refractivity contribution < 1.29 is 8.42 Å². The second-order valence-corrected chi connectivity index (χ2v) is 7.12. The Morgan fingerprint density at radius 2 is 2.00 bits per heavy atom. The first-order chi connectivity index (χ1) is 9.81. The number of nitrogens with zero attached hydrogens (tertiary/aromatic N) is 1. The van der Waals surface area contributed by atoms with Gasteiger partial charge < -0.3 is 10.6 Å². The Bertz CT molecular complexity index is 558. The van der Waals surface area contributed by atoms with Crippen LogP contribution in [0.25, 0.3) is 0 Å². The van der Waals surface area contributed by atoms with E-state index in [1.54, 1.807) is 12.1 Å². The maximum absolute atomic E-state index is 12.2. The standard InChI is InChI=1S/C15H27N3O2S/c1-5-12(3)18(4)10-9-17-21(19,20)14-8-7-13(6-2)15(16)11-14/h7-8,11-12,17H,5-6,9-10,16H2,1-4H3. The van der Waals surface area contributed by atoms with Crippen LogP contribution >= 0.6 is 0 Å². The van der Waals surface area contributed by atoms with Gasteiger partial charge >= 0.3 is 0 Å². The molecule has 0 saturated carbocycles. The molecule has 1 rings (SSSR count). The number of rotatable bonds is 8. The molecule has 0 radical (unpaired) electrons. The van der Waals surface area contributed by atoms with Crippen molar-refractivity contribution in [3.8, 4) is 0 Å². The fraction of sp³-hybridized carbons (Fsp3) is 0.600. The average Bonchev–Trinajstić information content (AvgIpc) is 2.45. The van der Waals surface area contributed by atoms with Crippen LogP contribution in [0.3, 0.4) is 0 Å². The Balaban J connectivity index is 2.68. The minimum Gasteiger partial charge on any atom is -0.398 e. The van der Waals surface area contributed by atoms with Crippen molar-refractivity contribution in [2.45, 2.75) is 44.6 Å². The average molecular weight is 313 g/mol. The summed E-state index contributed by atoms with van der Waals surface area (Å²) in [5, 5.41) is 0. The lowest BCUT2D eigenvalue weighted by atomic mass is 10.1. The van der Waals surface area contributed by atoms with Crippen LogP contribution in [0, 0.1) is 0 Å². The van der Waals surface area contributed by atoms with E-state index in [-0.39, 0.29) is 4.90 Å². The third-order valence-electron chi connectivity index (χ3n) is 3.91. The largest absolute Gasteiger partial charge is 0.398 e. The van der Waals surface area contributed by atoms with Crippen molar-refractivity contribution in [1.82, 2.24) is 9.62 Å². The van der Waals surface area contributed by atoms with Crippen molar-refractivity contribution in [2.75, 3.05) is 25.9 Å². The van der Waals surface area contributed by atoms with Crippen molar-refractivity contribution in [3.05, 3.63) is 23.8 Å². The van der Waals surface area contributed by atoms with Crippen molar-refractivity contribution in [1.29, 1.82) is 0 Å². The summed E-state index contributed by atoms with van der Waals surface area (Å²) in [7, 11) is -1.50. The minimum atomic E-state index is -3.49.